The molecular formula is C8H15ClO2S. The Balaban J connectivity index is 2.69. The van der Waals surface area contributed by atoms with Crippen LogP contribution < -0.4 is 0 Å². The van der Waals surface area contributed by atoms with Crippen molar-refractivity contribution in [2.24, 2.45) is 11.8 Å². The van der Waals surface area contributed by atoms with Gasteiger partial charge in [-0.1, -0.05) is 13.8 Å². The molecule has 0 N–H and O–H groups in total. The van der Waals surface area contributed by atoms with E-state index in [0.29, 0.717) is 5.92 Å². The third-order valence-corrected chi connectivity index (χ3v) is 4.82. The Hall–Kier alpha value is 0.240. The summed E-state index contributed by atoms with van der Waals surface area (Å²) in [7, 11) is 2.00. The summed E-state index contributed by atoms with van der Waals surface area (Å²) in [5.41, 5.74) is 0. The van der Waals surface area contributed by atoms with Gasteiger partial charge in [-0.05, 0) is 31.1 Å². The summed E-state index contributed by atoms with van der Waals surface area (Å²) in [5.74, 6) is 0.867. The highest BCUT2D eigenvalue weighted by molar-refractivity contribution is 8.14. The second-order valence-electron chi connectivity index (χ2n) is 3.91. The van der Waals surface area contributed by atoms with Crippen LogP contribution in [-0.4, -0.2) is 13.7 Å². The van der Waals surface area contributed by atoms with Gasteiger partial charge in [0.2, 0.25) is 9.05 Å². The van der Waals surface area contributed by atoms with Gasteiger partial charge in [-0.3, -0.25) is 0 Å². The fraction of sp³-hybridized carbons (Fsp3) is 1.00. The Kier molecular flexibility index (Phi) is 3.05. The fourth-order valence-corrected chi connectivity index (χ4v) is 3.93. The predicted molar refractivity (Wildman–Crippen MR) is 50.7 cm³/mol. The Morgan fingerprint density at radius 1 is 1.25 bits per heavy atom. The molecule has 0 aliphatic heterocycles. The molecule has 1 aliphatic carbocycles. The maximum absolute atomic E-state index is 11.1. The van der Waals surface area contributed by atoms with E-state index in [1.165, 1.54) is 0 Å². The van der Waals surface area contributed by atoms with Crippen LogP contribution in [0.2, 0.25) is 0 Å². The Labute approximate surface area is 78.7 Å². The van der Waals surface area contributed by atoms with E-state index in [-0.39, 0.29) is 11.2 Å². The summed E-state index contributed by atoms with van der Waals surface area (Å²) in [5, 5.41) is -0.310. The van der Waals surface area contributed by atoms with Gasteiger partial charge in [0.1, 0.15) is 0 Å². The van der Waals surface area contributed by atoms with Gasteiger partial charge in [0.25, 0.3) is 0 Å². The number of rotatable bonds is 1. The molecule has 0 heterocycles. The molecule has 12 heavy (non-hydrogen) atoms. The Morgan fingerprint density at radius 2 is 1.83 bits per heavy atom. The highest BCUT2D eigenvalue weighted by Gasteiger charge is 2.33. The molecule has 0 amide bonds. The van der Waals surface area contributed by atoms with Crippen molar-refractivity contribution >= 4 is 19.7 Å². The number of hydrogen-bond donors (Lipinski definition) is 0. The van der Waals surface area contributed by atoms with Crippen LogP contribution in [0, 0.1) is 11.8 Å². The fourth-order valence-electron chi connectivity index (χ4n) is 2.06. The molecule has 1 saturated carbocycles. The molecule has 2 nitrogen and oxygen atoms in total. The minimum Gasteiger partial charge on any atom is -0.212 e. The molecule has 0 saturated heterocycles. The first-order chi connectivity index (χ1) is 5.41. The maximum Gasteiger partial charge on any atom is 0.235 e. The van der Waals surface area contributed by atoms with Crippen molar-refractivity contribution in [3.05, 3.63) is 0 Å². The molecule has 0 aromatic rings. The minimum absolute atomic E-state index is 0.219. The predicted octanol–water partition coefficient (Wildman–Crippen LogP) is 2.38. The molecule has 0 aromatic carbocycles. The summed E-state index contributed by atoms with van der Waals surface area (Å²) in [4.78, 5) is 0. The molecule has 1 rings (SSSR count). The molecule has 1 fully saturated rings. The van der Waals surface area contributed by atoms with Crippen molar-refractivity contribution in [1.82, 2.24) is 0 Å². The van der Waals surface area contributed by atoms with Gasteiger partial charge >= 0.3 is 0 Å². The molecule has 3 unspecified atom stereocenters. The van der Waals surface area contributed by atoms with E-state index >= 15 is 0 Å². The summed E-state index contributed by atoms with van der Waals surface area (Å²) in [6, 6.07) is 0. The normalized spacial score (nSPS) is 38.1. The van der Waals surface area contributed by atoms with E-state index in [4.69, 9.17) is 10.7 Å². The van der Waals surface area contributed by atoms with Gasteiger partial charge in [-0.25, -0.2) is 8.42 Å². The largest absolute Gasteiger partial charge is 0.235 e. The van der Waals surface area contributed by atoms with Crippen LogP contribution in [0.1, 0.15) is 33.1 Å². The molecular weight excluding hydrogens is 196 g/mol. The van der Waals surface area contributed by atoms with Gasteiger partial charge < -0.3 is 0 Å². The second-order valence-corrected chi connectivity index (χ2v) is 6.76. The zero-order valence-corrected chi connectivity index (χ0v) is 9.03. The monoisotopic (exact) mass is 210 g/mol. The molecule has 0 bridgehead atoms. The van der Waals surface area contributed by atoms with Gasteiger partial charge in [0.05, 0.1) is 5.25 Å². The van der Waals surface area contributed by atoms with Crippen LogP contribution in [0.15, 0.2) is 0 Å². The highest BCUT2D eigenvalue weighted by Crippen LogP contribution is 2.34. The first-order valence-corrected chi connectivity index (χ1v) is 6.72. The second kappa shape index (κ2) is 3.54. The van der Waals surface area contributed by atoms with E-state index < -0.39 is 9.05 Å². The van der Waals surface area contributed by atoms with Crippen LogP contribution in [-0.2, 0) is 9.05 Å². The van der Waals surface area contributed by atoms with E-state index in [1.807, 2.05) is 6.92 Å². The van der Waals surface area contributed by atoms with Crippen molar-refractivity contribution in [2.75, 3.05) is 0 Å². The average Bonchev–Trinajstić information content (AvgIpc) is 1.83. The van der Waals surface area contributed by atoms with E-state index in [1.54, 1.807) is 0 Å². The zero-order chi connectivity index (χ0) is 9.35. The number of hydrogen-bond acceptors (Lipinski definition) is 2. The summed E-state index contributed by atoms with van der Waals surface area (Å²) in [6.07, 6.45) is 2.70. The lowest BCUT2D eigenvalue weighted by molar-refractivity contribution is 0.303. The van der Waals surface area contributed by atoms with Crippen molar-refractivity contribution in [2.45, 2.75) is 38.4 Å². The van der Waals surface area contributed by atoms with Gasteiger partial charge in [-0.2, -0.15) is 0 Å². The van der Waals surface area contributed by atoms with Crippen molar-refractivity contribution in [3.8, 4) is 0 Å². The topological polar surface area (TPSA) is 34.1 Å². The van der Waals surface area contributed by atoms with Gasteiger partial charge in [0.15, 0.2) is 0 Å². The van der Waals surface area contributed by atoms with E-state index in [0.717, 1.165) is 19.3 Å². The summed E-state index contributed by atoms with van der Waals surface area (Å²) < 4.78 is 22.1. The first-order valence-electron chi connectivity index (χ1n) is 4.34. The van der Waals surface area contributed by atoms with Crippen molar-refractivity contribution in [3.63, 3.8) is 0 Å². The summed E-state index contributed by atoms with van der Waals surface area (Å²) in [6.45, 7) is 4.13. The van der Waals surface area contributed by atoms with Crippen LogP contribution in [0.25, 0.3) is 0 Å². The standard InChI is InChI=1S/C8H15ClO2S/c1-6-3-4-8(7(2)5-6)12(9,10)11/h6-8H,3-5H2,1-2H3. The average molecular weight is 211 g/mol. The Bertz CT molecular complexity index is 248. The van der Waals surface area contributed by atoms with Crippen molar-refractivity contribution < 1.29 is 8.42 Å². The van der Waals surface area contributed by atoms with E-state index in [9.17, 15) is 8.42 Å². The molecule has 4 heteroatoms. The number of halogens is 1. The Morgan fingerprint density at radius 3 is 2.25 bits per heavy atom. The molecule has 0 aromatic heterocycles. The van der Waals surface area contributed by atoms with E-state index in [2.05, 4.69) is 6.92 Å². The lowest BCUT2D eigenvalue weighted by atomic mass is 9.83. The smallest absolute Gasteiger partial charge is 0.212 e. The highest BCUT2D eigenvalue weighted by atomic mass is 35.7. The summed E-state index contributed by atoms with van der Waals surface area (Å²) >= 11 is 0. The maximum atomic E-state index is 11.1. The first kappa shape index (κ1) is 10.3. The lowest BCUT2D eigenvalue weighted by Gasteiger charge is -2.30. The van der Waals surface area contributed by atoms with Crippen LogP contribution >= 0.6 is 10.7 Å². The quantitative estimate of drug-likeness (QED) is 0.623. The molecule has 72 valence electrons. The SMILES string of the molecule is CC1CCC(S(=O)(=O)Cl)C(C)C1. The minimum atomic E-state index is -3.33. The van der Waals surface area contributed by atoms with Gasteiger partial charge in [-0.15, -0.1) is 0 Å². The molecule has 0 radical (unpaired) electrons. The lowest BCUT2D eigenvalue weighted by Crippen LogP contribution is -2.30. The van der Waals surface area contributed by atoms with Gasteiger partial charge in [0, 0.05) is 10.7 Å². The molecule has 3 atom stereocenters. The van der Waals surface area contributed by atoms with Crippen molar-refractivity contribution in [1.29, 1.82) is 0 Å². The van der Waals surface area contributed by atoms with Crippen LogP contribution in [0.5, 0.6) is 0 Å². The molecule has 1 aliphatic rings. The molecule has 0 spiro atoms. The van der Waals surface area contributed by atoms with Crippen LogP contribution in [0.3, 0.4) is 0 Å². The third kappa shape index (κ3) is 2.36. The van der Waals surface area contributed by atoms with Crippen LogP contribution in [0.4, 0.5) is 0 Å². The zero-order valence-electron chi connectivity index (χ0n) is 7.46. The third-order valence-electron chi connectivity index (χ3n) is 2.71.